The summed E-state index contributed by atoms with van der Waals surface area (Å²) in [5.74, 6) is -0.544. The van der Waals surface area contributed by atoms with Gasteiger partial charge in [-0.15, -0.1) is 0 Å². The summed E-state index contributed by atoms with van der Waals surface area (Å²) < 4.78 is 22.5. The van der Waals surface area contributed by atoms with Gasteiger partial charge in [0.2, 0.25) is 10.0 Å². The van der Waals surface area contributed by atoms with E-state index in [1.54, 1.807) is 12.1 Å². The molecule has 0 heterocycles. The lowest BCUT2D eigenvalue weighted by Gasteiger charge is -2.07. The Labute approximate surface area is 164 Å². The first kappa shape index (κ1) is 21.2. The number of primary sulfonamides is 1. The van der Waals surface area contributed by atoms with Crippen LogP contribution in [-0.2, 0) is 21.2 Å². The molecule has 2 aromatic rings. The van der Waals surface area contributed by atoms with Crippen molar-refractivity contribution in [3.05, 3.63) is 65.9 Å². The minimum absolute atomic E-state index is 0.0253. The fraction of sp³-hybridized carbons (Fsp3) is 0.200. The van der Waals surface area contributed by atoms with Gasteiger partial charge in [-0.25, -0.2) is 13.6 Å². The van der Waals surface area contributed by atoms with E-state index in [9.17, 15) is 18.5 Å². The van der Waals surface area contributed by atoms with Gasteiger partial charge in [-0.1, -0.05) is 25.5 Å². The highest BCUT2D eigenvalue weighted by Crippen LogP contribution is 2.15. The Kier molecular flexibility index (Phi) is 7.32. The van der Waals surface area contributed by atoms with Crippen LogP contribution in [0.4, 0.5) is 11.4 Å². The molecule has 0 unspecified atom stereocenters. The van der Waals surface area contributed by atoms with Crippen molar-refractivity contribution < 1.29 is 13.2 Å². The van der Waals surface area contributed by atoms with E-state index >= 15 is 0 Å². The SMILES string of the molecule is CCCCc1ccc(NC(=O)/C(C#N)=C\Nc2ccc(S(N)(=O)=O)cc2)cc1. The maximum Gasteiger partial charge on any atom is 0.267 e. The van der Waals surface area contributed by atoms with Gasteiger partial charge < -0.3 is 10.6 Å². The Morgan fingerprint density at radius 3 is 2.25 bits per heavy atom. The first-order valence-electron chi connectivity index (χ1n) is 8.73. The second-order valence-electron chi connectivity index (χ2n) is 6.14. The molecule has 2 aromatic carbocycles. The van der Waals surface area contributed by atoms with Gasteiger partial charge in [0.25, 0.3) is 5.91 Å². The van der Waals surface area contributed by atoms with Crippen LogP contribution in [0.3, 0.4) is 0 Å². The third-order valence-corrected chi connectivity index (χ3v) is 4.89. The molecular weight excluding hydrogens is 376 g/mol. The van der Waals surface area contributed by atoms with Crippen molar-refractivity contribution >= 4 is 27.3 Å². The molecule has 0 saturated carbocycles. The summed E-state index contributed by atoms with van der Waals surface area (Å²) in [6.07, 6.45) is 4.47. The molecule has 28 heavy (non-hydrogen) atoms. The Morgan fingerprint density at radius 1 is 1.11 bits per heavy atom. The van der Waals surface area contributed by atoms with Crippen LogP contribution >= 0.6 is 0 Å². The van der Waals surface area contributed by atoms with Crippen molar-refractivity contribution in [1.82, 2.24) is 0 Å². The lowest BCUT2D eigenvalue weighted by atomic mass is 10.1. The van der Waals surface area contributed by atoms with Crippen molar-refractivity contribution in [2.24, 2.45) is 5.14 Å². The molecule has 0 radical (unpaired) electrons. The topological polar surface area (TPSA) is 125 Å². The summed E-state index contributed by atoms with van der Waals surface area (Å²) in [7, 11) is -3.77. The predicted octanol–water partition coefficient (Wildman–Crippen LogP) is 3.13. The quantitative estimate of drug-likeness (QED) is 0.465. The van der Waals surface area contributed by atoms with Gasteiger partial charge in [-0.2, -0.15) is 5.26 Å². The van der Waals surface area contributed by atoms with Crippen LogP contribution in [0.25, 0.3) is 0 Å². The average molecular weight is 398 g/mol. The first-order chi connectivity index (χ1) is 13.3. The molecule has 0 aliphatic heterocycles. The van der Waals surface area contributed by atoms with Crippen LogP contribution in [0.5, 0.6) is 0 Å². The zero-order valence-electron chi connectivity index (χ0n) is 15.5. The fourth-order valence-corrected chi connectivity index (χ4v) is 2.89. The molecule has 0 saturated heterocycles. The average Bonchev–Trinajstić information content (AvgIpc) is 2.67. The van der Waals surface area contributed by atoms with E-state index < -0.39 is 15.9 Å². The van der Waals surface area contributed by atoms with Gasteiger partial charge in [0.05, 0.1) is 4.90 Å². The number of amides is 1. The van der Waals surface area contributed by atoms with E-state index in [0.717, 1.165) is 19.3 Å². The Morgan fingerprint density at radius 2 is 1.71 bits per heavy atom. The van der Waals surface area contributed by atoms with Crippen LogP contribution in [0, 0.1) is 11.3 Å². The van der Waals surface area contributed by atoms with Gasteiger partial charge >= 0.3 is 0 Å². The number of hydrogen-bond donors (Lipinski definition) is 3. The van der Waals surface area contributed by atoms with Crippen LogP contribution in [-0.4, -0.2) is 14.3 Å². The number of hydrogen-bond acceptors (Lipinski definition) is 5. The summed E-state index contributed by atoms with van der Waals surface area (Å²) in [6.45, 7) is 2.13. The summed E-state index contributed by atoms with van der Waals surface area (Å²) in [5, 5.41) is 19.7. The molecule has 7 nitrogen and oxygen atoms in total. The predicted molar refractivity (Wildman–Crippen MR) is 109 cm³/mol. The second kappa shape index (κ2) is 9.69. The maximum absolute atomic E-state index is 12.3. The van der Waals surface area contributed by atoms with Gasteiger partial charge in [-0.3, -0.25) is 4.79 Å². The number of aryl methyl sites for hydroxylation is 1. The van der Waals surface area contributed by atoms with Gasteiger partial charge in [0.15, 0.2) is 0 Å². The maximum atomic E-state index is 12.3. The Bertz CT molecular complexity index is 989. The van der Waals surface area contributed by atoms with Crippen molar-refractivity contribution in [2.45, 2.75) is 31.1 Å². The van der Waals surface area contributed by atoms with E-state index in [1.165, 1.54) is 36.0 Å². The van der Waals surface area contributed by atoms with Crippen molar-refractivity contribution in [1.29, 1.82) is 5.26 Å². The molecule has 1 amide bonds. The molecule has 0 aliphatic carbocycles. The zero-order valence-corrected chi connectivity index (χ0v) is 16.3. The number of carbonyl (C=O) groups excluding carboxylic acids is 1. The van der Waals surface area contributed by atoms with Gasteiger partial charge in [0, 0.05) is 17.6 Å². The molecule has 146 valence electrons. The number of nitrogens with one attached hydrogen (secondary N) is 2. The second-order valence-corrected chi connectivity index (χ2v) is 7.70. The van der Waals surface area contributed by atoms with E-state index in [1.807, 2.05) is 18.2 Å². The van der Waals surface area contributed by atoms with Crippen molar-refractivity contribution in [3.8, 4) is 6.07 Å². The largest absolute Gasteiger partial charge is 0.360 e. The fourth-order valence-electron chi connectivity index (χ4n) is 2.38. The Balaban J connectivity index is 2.01. The number of sulfonamides is 1. The summed E-state index contributed by atoms with van der Waals surface area (Å²) >= 11 is 0. The van der Waals surface area contributed by atoms with Crippen LogP contribution in [0.15, 0.2) is 65.2 Å². The van der Waals surface area contributed by atoms with Crippen LogP contribution < -0.4 is 15.8 Å². The molecule has 0 fully saturated rings. The normalized spacial score (nSPS) is 11.5. The summed E-state index contributed by atoms with van der Waals surface area (Å²) in [5.41, 5.74) is 2.18. The number of nitrogens with zero attached hydrogens (tertiary/aromatic N) is 1. The lowest BCUT2D eigenvalue weighted by molar-refractivity contribution is -0.112. The molecule has 0 aromatic heterocycles. The smallest absolute Gasteiger partial charge is 0.267 e. The highest BCUT2D eigenvalue weighted by atomic mass is 32.2. The number of carbonyl (C=O) groups is 1. The van der Waals surface area contributed by atoms with Crippen molar-refractivity contribution in [2.75, 3.05) is 10.6 Å². The summed E-state index contributed by atoms with van der Waals surface area (Å²) in [6, 6.07) is 15.0. The zero-order chi connectivity index (χ0) is 20.6. The van der Waals surface area contributed by atoms with E-state index in [0.29, 0.717) is 11.4 Å². The summed E-state index contributed by atoms with van der Waals surface area (Å²) in [4.78, 5) is 12.2. The van der Waals surface area contributed by atoms with Crippen LogP contribution in [0.1, 0.15) is 25.3 Å². The molecule has 0 aliphatic rings. The van der Waals surface area contributed by atoms with Crippen molar-refractivity contribution in [3.63, 3.8) is 0 Å². The van der Waals surface area contributed by atoms with Gasteiger partial charge in [0.1, 0.15) is 11.6 Å². The number of nitrogens with two attached hydrogens (primary N) is 1. The molecule has 8 heteroatoms. The monoisotopic (exact) mass is 398 g/mol. The van der Waals surface area contributed by atoms with E-state index in [2.05, 4.69) is 17.6 Å². The number of nitriles is 1. The molecule has 0 spiro atoms. The lowest BCUT2D eigenvalue weighted by Crippen LogP contribution is -2.14. The minimum Gasteiger partial charge on any atom is -0.360 e. The standard InChI is InChI=1S/C20H22N4O3S/c1-2-3-4-15-5-7-18(8-6-15)24-20(25)16(13-21)14-23-17-9-11-19(12-10-17)28(22,26)27/h5-12,14,23H,2-4H2,1H3,(H,24,25)(H2,22,26,27)/b16-14-. The number of unbranched alkanes of at least 4 members (excludes halogenated alkanes) is 1. The molecule has 2 rings (SSSR count). The number of rotatable bonds is 8. The van der Waals surface area contributed by atoms with E-state index in [-0.39, 0.29) is 10.5 Å². The third kappa shape index (κ3) is 6.23. The molecule has 0 atom stereocenters. The molecular formula is C20H22N4O3S. The third-order valence-electron chi connectivity index (χ3n) is 3.96. The number of benzene rings is 2. The molecule has 4 N–H and O–H groups in total. The minimum atomic E-state index is -3.77. The molecule has 0 bridgehead atoms. The number of anilines is 2. The first-order valence-corrected chi connectivity index (χ1v) is 10.3. The van der Waals surface area contributed by atoms with E-state index in [4.69, 9.17) is 5.14 Å². The van der Waals surface area contributed by atoms with Gasteiger partial charge in [-0.05, 0) is 54.8 Å². The Hall–Kier alpha value is -3.15. The highest BCUT2D eigenvalue weighted by molar-refractivity contribution is 7.89. The highest BCUT2D eigenvalue weighted by Gasteiger charge is 2.10. The van der Waals surface area contributed by atoms with Crippen LogP contribution in [0.2, 0.25) is 0 Å².